The van der Waals surface area contributed by atoms with Gasteiger partial charge in [0.1, 0.15) is 0 Å². The smallest absolute Gasteiger partial charge is 0.0677 e. The first kappa shape index (κ1) is 7.76. The van der Waals surface area contributed by atoms with Gasteiger partial charge in [0.25, 0.3) is 0 Å². The number of nitrogens with one attached hydrogen (secondary N) is 1. The Balaban J connectivity index is 2.44. The normalized spacial score (nSPS) is 28.5. The van der Waals surface area contributed by atoms with Crippen LogP contribution in [-0.2, 0) is 12.0 Å². The van der Waals surface area contributed by atoms with Crippen LogP contribution in [0.1, 0.15) is 24.1 Å². The first-order valence-electron chi connectivity index (χ1n) is 4.19. The molecule has 0 radical (unpaired) electrons. The number of hydrogen-bond donors (Lipinski definition) is 3. The number of nitrogens with zero attached hydrogens (tertiary/aromatic N) is 1. The molecule has 1 unspecified atom stereocenters. The van der Waals surface area contributed by atoms with Gasteiger partial charge in [-0.15, -0.1) is 0 Å². The predicted molar refractivity (Wildman–Crippen MR) is 44.5 cm³/mol. The summed E-state index contributed by atoms with van der Waals surface area (Å²) in [5.74, 6) is 0. The molecule has 1 aliphatic carbocycles. The lowest BCUT2D eigenvalue weighted by molar-refractivity contribution is 0.178. The lowest BCUT2D eigenvalue weighted by Gasteiger charge is -2.30. The van der Waals surface area contributed by atoms with E-state index < -0.39 is 5.54 Å². The van der Waals surface area contributed by atoms with E-state index in [1.54, 1.807) is 6.20 Å². The molecule has 4 heteroatoms. The third-order valence-electron chi connectivity index (χ3n) is 2.59. The third-order valence-corrected chi connectivity index (χ3v) is 2.59. The Hall–Kier alpha value is -0.870. The molecule has 0 saturated carbocycles. The molecule has 1 heterocycles. The maximum atomic E-state index is 9.15. The van der Waals surface area contributed by atoms with Gasteiger partial charge in [0.15, 0.2) is 0 Å². The van der Waals surface area contributed by atoms with Gasteiger partial charge in [0.05, 0.1) is 18.3 Å². The molecule has 1 aliphatic rings. The molecule has 1 aromatic rings. The van der Waals surface area contributed by atoms with Gasteiger partial charge in [-0.1, -0.05) is 0 Å². The second-order valence-corrected chi connectivity index (χ2v) is 3.43. The zero-order valence-electron chi connectivity index (χ0n) is 6.88. The zero-order valence-corrected chi connectivity index (χ0v) is 6.88. The van der Waals surface area contributed by atoms with Crippen molar-refractivity contribution in [2.45, 2.75) is 24.8 Å². The minimum Gasteiger partial charge on any atom is -0.394 e. The second-order valence-electron chi connectivity index (χ2n) is 3.43. The fourth-order valence-corrected chi connectivity index (χ4v) is 1.81. The molecule has 0 amide bonds. The summed E-state index contributed by atoms with van der Waals surface area (Å²) in [6.45, 7) is -0.000463. The summed E-state index contributed by atoms with van der Waals surface area (Å²) >= 11 is 0. The van der Waals surface area contributed by atoms with E-state index in [-0.39, 0.29) is 6.61 Å². The number of aryl methyl sites for hydroxylation is 1. The average Bonchev–Trinajstić information content (AvgIpc) is 2.54. The van der Waals surface area contributed by atoms with Crippen molar-refractivity contribution in [2.75, 3.05) is 6.61 Å². The zero-order chi connectivity index (χ0) is 8.60. The van der Waals surface area contributed by atoms with Gasteiger partial charge in [-0.3, -0.25) is 5.10 Å². The van der Waals surface area contributed by atoms with Crippen molar-refractivity contribution in [2.24, 2.45) is 5.73 Å². The number of nitrogens with two attached hydrogens (primary N) is 1. The molecule has 0 aliphatic heterocycles. The lowest BCUT2D eigenvalue weighted by Crippen LogP contribution is -2.43. The molecule has 1 atom stereocenters. The number of H-pyrrole nitrogens is 1. The SMILES string of the molecule is NC1(CO)CCCc2[nH]ncc21. The van der Waals surface area contributed by atoms with Crippen LogP contribution in [0.15, 0.2) is 6.20 Å². The number of aromatic amines is 1. The molecule has 0 saturated heterocycles. The maximum absolute atomic E-state index is 9.15. The van der Waals surface area contributed by atoms with E-state index in [1.807, 2.05) is 0 Å². The summed E-state index contributed by atoms with van der Waals surface area (Å²) in [7, 11) is 0. The molecule has 0 fully saturated rings. The standard InChI is InChI=1S/C8H13N3O/c9-8(5-12)3-1-2-7-6(8)4-10-11-7/h4,12H,1-3,5,9H2,(H,10,11). The van der Waals surface area contributed by atoms with E-state index in [2.05, 4.69) is 10.2 Å². The van der Waals surface area contributed by atoms with Crippen molar-refractivity contribution in [1.82, 2.24) is 10.2 Å². The fourth-order valence-electron chi connectivity index (χ4n) is 1.81. The summed E-state index contributed by atoms with van der Waals surface area (Å²) in [6.07, 6.45) is 4.58. The topological polar surface area (TPSA) is 74.9 Å². The van der Waals surface area contributed by atoms with Crippen molar-refractivity contribution in [3.8, 4) is 0 Å². The third kappa shape index (κ3) is 0.956. The Morgan fingerprint density at radius 3 is 3.33 bits per heavy atom. The van der Waals surface area contributed by atoms with Crippen LogP contribution in [0.3, 0.4) is 0 Å². The van der Waals surface area contributed by atoms with E-state index in [0.717, 1.165) is 30.5 Å². The molecule has 4 nitrogen and oxygen atoms in total. The minimum absolute atomic E-state index is 0.000463. The maximum Gasteiger partial charge on any atom is 0.0677 e. The Kier molecular flexibility index (Phi) is 1.66. The van der Waals surface area contributed by atoms with Crippen molar-refractivity contribution in [3.63, 3.8) is 0 Å². The van der Waals surface area contributed by atoms with Gasteiger partial charge >= 0.3 is 0 Å². The van der Waals surface area contributed by atoms with Crippen LogP contribution in [-0.4, -0.2) is 21.9 Å². The van der Waals surface area contributed by atoms with E-state index >= 15 is 0 Å². The largest absolute Gasteiger partial charge is 0.394 e. The second kappa shape index (κ2) is 2.57. The van der Waals surface area contributed by atoms with Crippen LogP contribution in [0.25, 0.3) is 0 Å². The number of aromatic nitrogens is 2. The van der Waals surface area contributed by atoms with Gasteiger partial charge < -0.3 is 10.8 Å². The number of hydrogen-bond acceptors (Lipinski definition) is 3. The van der Waals surface area contributed by atoms with Gasteiger partial charge in [0, 0.05) is 11.3 Å². The van der Waals surface area contributed by atoms with Gasteiger partial charge in [-0.2, -0.15) is 5.10 Å². The van der Waals surface area contributed by atoms with Crippen molar-refractivity contribution < 1.29 is 5.11 Å². The Morgan fingerprint density at radius 1 is 1.75 bits per heavy atom. The molecule has 4 N–H and O–H groups in total. The summed E-state index contributed by atoms with van der Waals surface area (Å²) in [4.78, 5) is 0. The van der Waals surface area contributed by atoms with E-state index in [4.69, 9.17) is 10.8 Å². The minimum atomic E-state index is -0.555. The van der Waals surface area contributed by atoms with Crippen LogP contribution in [0, 0.1) is 0 Å². The van der Waals surface area contributed by atoms with Gasteiger partial charge in [0.2, 0.25) is 0 Å². The number of aliphatic hydroxyl groups is 1. The molecule has 12 heavy (non-hydrogen) atoms. The summed E-state index contributed by atoms with van der Waals surface area (Å²) in [5.41, 5.74) is 7.51. The highest BCUT2D eigenvalue weighted by Gasteiger charge is 2.33. The molecule has 2 rings (SSSR count). The van der Waals surface area contributed by atoms with Crippen molar-refractivity contribution in [3.05, 3.63) is 17.5 Å². The van der Waals surface area contributed by atoms with Gasteiger partial charge in [-0.25, -0.2) is 0 Å². The molecular formula is C8H13N3O. The van der Waals surface area contributed by atoms with E-state index in [1.165, 1.54) is 0 Å². The summed E-state index contributed by atoms with van der Waals surface area (Å²) < 4.78 is 0. The predicted octanol–water partition coefficient (Wildman–Crippen LogP) is -0.108. The Bertz CT molecular complexity index is 284. The van der Waals surface area contributed by atoms with E-state index in [0.29, 0.717) is 0 Å². The Morgan fingerprint density at radius 2 is 2.58 bits per heavy atom. The molecular weight excluding hydrogens is 154 g/mol. The molecule has 0 spiro atoms. The first-order chi connectivity index (χ1) is 5.76. The number of aliphatic hydroxyl groups excluding tert-OH is 1. The molecule has 66 valence electrons. The quantitative estimate of drug-likeness (QED) is 0.546. The van der Waals surface area contributed by atoms with Crippen LogP contribution in [0.5, 0.6) is 0 Å². The Labute approximate surface area is 70.8 Å². The first-order valence-corrected chi connectivity index (χ1v) is 4.19. The number of fused-ring (bicyclic) bond motifs is 1. The highest BCUT2D eigenvalue weighted by molar-refractivity contribution is 5.28. The number of rotatable bonds is 1. The van der Waals surface area contributed by atoms with Gasteiger partial charge in [-0.05, 0) is 19.3 Å². The average molecular weight is 167 g/mol. The van der Waals surface area contributed by atoms with Crippen molar-refractivity contribution >= 4 is 0 Å². The summed E-state index contributed by atoms with van der Waals surface area (Å²) in [6, 6.07) is 0. The molecule has 0 bridgehead atoms. The monoisotopic (exact) mass is 167 g/mol. The molecule has 0 aromatic carbocycles. The van der Waals surface area contributed by atoms with Crippen LogP contribution in [0.2, 0.25) is 0 Å². The highest BCUT2D eigenvalue weighted by Crippen LogP contribution is 2.31. The van der Waals surface area contributed by atoms with Crippen LogP contribution >= 0.6 is 0 Å². The van der Waals surface area contributed by atoms with E-state index in [9.17, 15) is 0 Å². The lowest BCUT2D eigenvalue weighted by atomic mass is 9.81. The molecule has 1 aromatic heterocycles. The van der Waals surface area contributed by atoms with Crippen LogP contribution in [0.4, 0.5) is 0 Å². The fraction of sp³-hybridized carbons (Fsp3) is 0.625. The van der Waals surface area contributed by atoms with Crippen molar-refractivity contribution in [1.29, 1.82) is 0 Å². The van der Waals surface area contributed by atoms with Crippen LogP contribution < -0.4 is 5.73 Å². The highest BCUT2D eigenvalue weighted by atomic mass is 16.3. The summed E-state index contributed by atoms with van der Waals surface area (Å²) in [5, 5.41) is 16.0.